The molecule has 1 nitrogen and oxygen atoms in total. The van der Waals surface area contributed by atoms with E-state index in [1.54, 1.807) is 0 Å². The third kappa shape index (κ3) is 1.44. The monoisotopic (exact) mass is 109 g/mol. The van der Waals surface area contributed by atoms with Crippen molar-refractivity contribution in [3.05, 3.63) is 0 Å². The molecule has 2 heteroatoms. The van der Waals surface area contributed by atoms with Crippen LogP contribution in [0, 0.1) is 0 Å². The van der Waals surface area contributed by atoms with E-state index in [-0.39, 0.29) is 0 Å². The number of hydrogen-bond donors (Lipinski definition) is 1. The zero-order valence-electron chi connectivity index (χ0n) is 5.35. The molecule has 0 bridgehead atoms. The van der Waals surface area contributed by atoms with Crippen LogP contribution < -0.4 is 5.32 Å². The zero-order valence-corrected chi connectivity index (χ0v) is 5.35. The second-order valence-electron chi connectivity index (χ2n) is 2.27. The molecule has 0 aromatic heterocycles. The molecule has 0 saturated heterocycles. The maximum absolute atomic E-state index is 3.25. The SMILES string of the molecule is CNC1CB=CCC1. The van der Waals surface area contributed by atoms with Crippen LogP contribution in [-0.4, -0.2) is 26.0 Å². The van der Waals surface area contributed by atoms with Crippen LogP contribution in [-0.2, 0) is 0 Å². The fraction of sp³-hybridized carbons (Fsp3) is 0.833. The average molecular weight is 109 g/mol. The van der Waals surface area contributed by atoms with Crippen LogP contribution in [0.15, 0.2) is 0 Å². The van der Waals surface area contributed by atoms with Gasteiger partial charge >= 0.3 is 50.5 Å². The van der Waals surface area contributed by atoms with Crippen LogP contribution in [0.5, 0.6) is 0 Å². The van der Waals surface area contributed by atoms with Gasteiger partial charge in [-0.05, 0) is 0 Å². The Kier molecular flexibility index (Phi) is 2.28. The molecule has 0 aromatic carbocycles. The fourth-order valence-electron chi connectivity index (χ4n) is 1.06. The first-order chi connectivity index (χ1) is 3.93. The number of hydrogen-bond acceptors (Lipinski definition) is 1. The third-order valence-corrected chi connectivity index (χ3v) is 1.68. The minimum absolute atomic E-state index is 0.750. The predicted octanol–water partition coefficient (Wildman–Crippen LogP) is 0.293. The summed E-state index contributed by atoms with van der Waals surface area (Å²) in [6.07, 6.45) is 3.79. The summed E-state index contributed by atoms with van der Waals surface area (Å²) in [6.45, 7) is 2.25. The fourth-order valence-corrected chi connectivity index (χ4v) is 1.06. The Balaban J connectivity index is 2.27. The summed E-state index contributed by atoms with van der Waals surface area (Å²) in [5.74, 6) is 2.26. The van der Waals surface area contributed by atoms with E-state index in [1.165, 1.54) is 19.2 Å². The van der Waals surface area contributed by atoms with E-state index in [2.05, 4.69) is 18.2 Å². The first-order valence-corrected chi connectivity index (χ1v) is 3.26. The topological polar surface area (TPSA) is 12.0 Å². The van der Waals surface area contributed by atoms with Crippen LogP contribution in [0.3, 0.4) is 0 Å². The molecule has 1 unspecified atom stereocenters. The van der Waals surface area contributed by atoms with Gasteiger partial charge in [-0.3, -0.25) is 0 Å². The summed E-state index contributed by atoms with van der Waals surface area (Å²) in [4.78, 5) is 0. The van der Waals surface area contributed by atoms with Gasteiger partial charge in [-0.2, -0.15) is 0 Å². The van der Waals surface area contributed by atoms with E-state index in [9.17, 15) is 0 Å². The van der Waals surface area contributed by atoms with Gasteiger partial charge in [-0.25, -0.2) is 0 Å². The quantitative estimate of drug-likeness (QED) is 0.477. The van der Waals surface area contributed by atoms with Crippen molar-refractivity contribution in [3.8, 4) is 0 Å². The van der Waals surface area contributed by atoms with Crippen LogP contribution in [0.1, 0.15) is 12.8 Å². The van der Waals surface area contributed by atoms with Crippen LogP contribution in [0.2, 0.25) is 6.32 Å². The molecule has 1 N–H and O–H groups in total. The van der Waals surface area contributed by atoms with Crippen LogP contribution in [0.25, 0.3) is 0 Å². The summed E-state index contributed by atoms with van der Waals surface area (Å²) in [5.41, 5.74) is 0. The molecule has 1 atom stereocenters. The molecule has 0 spiro atoms. The molecule has 1 heterocycles. The van der Waals surface area contributed by atoms with Gasteiger partial charge in [-0.15, -0.1) is 0 Å². The molecule has 8 heavy (non-hydrogen) atoms. The Morgan fingerprint density at radius 2 is 2.62 bits per heavy atom. The van der Waals surface area contributed by atoms with E-state index in [0.29, 0.717) is 0 Å². The number of rotatable bonds is 1. The molecule has 0 amide bonds. The Morgan fingerprint density at radius 1 is 1.75 bits per heavy atom. The molecule has 44 valence electrons. The van der Waals surface area contributed by atoms with Crippen molar-refractivity contribution < 1.29 is 0 Å². The zero-order chi connectivity index (χ0) is 5.82. The molecule has 0 saturated carbocycles. The van der Waals surface area contributed by atoms with Crippen molar-refractivity contribution >= 4 is 12.9 Å². The van der Waals surface area contributed by atoms with Gasteiger partial charge in [0, 0.05) is 0 Å². The summed E-state index contributed by atoms with van der Waals surface area (Å²) < 4.78 is 0. The van der Waals surface area contributed by atoms with E-state index in [0.717, 1.165) is 6.04 Å². The van der Waals surface area contributed by atoms with Crippen molar-refractivity contribution in [1.29, 1.82) is 0 Å². The van der Waals surface area contributed by atoms with Gasteiger partial charge < -0.3 is 0 Å². The van der Waals surface area contributed by atoms with Crippen molar-refractivity contribution in [2.24, 2.45) is 0 Å². The van der Waals surface area contributed by atoms with E-state index in [1.807, 2.05) is 7.05 Å². The average Bonchev–Trinajstić information content (AvgIpc) is 1.90. The molecule has 0 aromatic rings. The van der Waals surface area contributed by atoms with Gasteiger partial charge in [0.05, 0.1) is 0 Å². The Bertz CT molecular complexity index is 90.5. The molecule has 0 aliphatic carbocycles. The molecule has 1 rings (SSSR count). The van der Waals surface area contributed by atoms with E-state index >= 15 is 0 Å². The Hall–Kier alpha value is -0.105. The van der Waals surface area contributed by atoms with Gasteiger partial charge in [0.1, 0.15) is 0 Å². The second kappa shape index (κ2) is 3.03. The molecule has 1 aliphatic heterocycles. The molecule has 0 fully saturated rings. The van der Waals surface area contributed by atoms with E-state index in [4.69, 9.17) is 0 Å². The maximum atomic E-state index is 3.25. The standard InChI is InChI=1S/C6H12BN/c1-8-6-3-2-4-7-5-6/h4,6,8H,2-3,5H2,1H3. The van der Waals surface area contributed by atoms with Crippen molar-refractivity contribution in [1.82, 2.24) is 5.32 Å². The Morgan fingerprint density at radius 3 is 3.00 bits per heavy atom. The van der Waals surface area contributed by atoms with Gasteiger partial charge in [-0.1, -0.05) is 0 Å². The first kappa shape index (κ1) is 6.02. The minimum atomic E-state index is 0.750. The predicted molar refractivity (Wildman–Crippen MR) is 38.7 cm³/mol. The third-order valence-electron chi connectivity index (χ3n) is 1.68. The van der Waals surface area contributed by atoms with Crippen molar-refractivity contribution in [3.63, 3.8) is 0 Å². The summed E-state index contributed by atoms with van der Waals surface area (Å²) >= 11 is 0. The summed E-state index contributed by atoms with van der Waals surface area (Å²) in [7, 11) is 2.03. The van der Waals surface area contributed by atoms with Crippen LogP contribution in [0.4, 0.5) is 0 Å². The van der Waals surface area contributed by atoms with Crippen LogP contribution >= 0.6 is 0 Å². The van der Waals surface area contributed by atoms with Crippen molar-refractivity contribution in [2.45, 2.75) is 25.2 Å². The Labute approximate surface area is 51.4 Å². The van der Waals surface area contributed by atoms with Gasteiger partial charge in [0.15, 0.2) is 0 Å². The van der Waals surface area contributed by atoms with E-state index < -0.39 is 0 Å². The first-order valence-electron chi connectivity index (χ1n) is 3.26. The molecule has 0 radical (unpaired) electrons. The molecule has 1 aliphatic rings. The molecular weight excluding hydrogens is 96.9 g/mol. The molecular formula is C6H12BN. The number of nitrogens with one attached hydrogen (secondary N) is 1. The normalized spacial score (nSPS) is 27.4. The van der Waals surface area contributed by atoms with Gasteiger partial charge in [0.25, 0.3) is 0 Å². The van der Waals surface area contributed by atoms with Crippen molar-refractivity contribution in [2.75, 3.05) is 7.05 Å². The summed E-state index contributed by atoms with van der Waals surface area (Å²) in [5, 5.41) is 3.25. The summed E-state index contributed by atoms with van der Waals surface area (Å²) in [6, 6.07) is 0.750. The van der Waals surface area contributed by atoms with Gasteiger partial charge in [0.2, 0.25) is 0 Å². The second-order valence-corrected chi connectivity index (χ2v) is 2.27.